The molecule has 2 aromatic heterocycles. The molecule has 2 atom stereocenters. The largest absolute Gasteiger partial charge is 0.364 e. The van der Waals surface area contributed by atoms with E-state index in [0.717, 1.165) is 32.4 Å². The maximum Gasteiger partial charge on any atom is 0.319 e. The number of aromatic nitrogens is 4. The first kappa shape index (κ1) is 19.9. The molecule has 30 heavy (non-hydrogen) atoms. The van der Waals surface area contributed by atoms with Gasteiger partial charge in [0, 0.05) is 40.4 Å². The molecule has 0 aliphatic carbocycles. The van der Waals surface area contributed by atoms with Crippen molar-refractivity contribution in [1.29, 1.82) is 0 Å². The Morgan fingerprint density at radius 2 is 2.00 bits per heavy atom. The summed E-state index contributed by atoms with van der Waals surface area (Å²) < 4.78 is 1.65. The Bertz CT molecular complexity index is 957. The molecule has 160 valence electrons. The summed E-state index contributed by atoms with van der Waals surface area (Å²) in [6, 6.07) is 0.349. The predicted octanol–water partition coefficient (Wildman–Crippen LogP) is 0.777. The van der Waals surface area contributed by atoms with Crippen LogP contribution in [0.15, 0.2) is 18.6 Å². The van der Waals surface area contributed by atoms with Crippen LogP contribution in [0.4, 0.5) is 22.1 Å². The summed E-state index contributed by atoms with van der Waals surface area (Å²) in [5.41, 5.74) is 6.27. The first-order valence-corrected chi connectivity index (χ1v) is 10.0. The van der Waals surface area contributed by atoms with Crippen LogP contribution in [0.3, 0.4) is 0 Å². The number of hydrogen-bond donors (Lipinski definition) is 2. The van der Waals surface area contributed by atoms with Crippen molar-refractivity contribution in [2.45, 2.75) is 31.3 Å². The number of nitrogens with two attached hydrogens (primary N) is 1. The maximum atomic E-state index is 12.6. The molecule has 11 nitrogen and oxygen atoms in total. The van der Waals surface area contributed by atoms with Crippen molar-refractivity contribution in [3.05, 3.63) is 24.3 Å². The number of carbonyl (C=O) groups is 2. The highest BCUT2D eigenvalue weighted by atomic mass is 16.2. The molecule has 2 fully saturated rings. The van der Waals surface area contributed by atoms with E-state index < -0.39 is 5.91 Å². The number of primary amides is 1. The number of likely N-dealkylation sites (tertiary alicyclic amines) is 1. The fourth-order valence-corrected chi connectivity index (χ4v) is 4.37. The minimum absolute atomic E-state index is 0.0402. The smallest absolute Gasteiger partial charge is 0.319 e. The van der Waals surface area contributed by atoms with Gasteiger partial charge in [-0.15, -0.1) is 0 Å². The topological polar surface area (TPSA) is 126 Å². The van der Waals surface area contributed by atoms with Crippen LogP contribution in [0.25, 0.3) is 0 Å². The van der Waals surface area contributed by atoms with Gasteiger partial charge in [0.15, 0.2) is 11.5 Å². The van der Waals surface area contributed by atoms with Crippen LogP contribution >= 0.6 is 0 Å². The van der Waals surface area contributed by atoms with Crippen molar-refractivity contribution < 1.29 is 9.59 Å². The van der Waals surface area contributed by atoms with Gasteiger partial charge in [0.2, 0.25) is 0 Å². The number of hydrogen-bond acceptors (Lipinski definition) is 7. The fourth-order valence-electron chi connectivity index (χ4n) is 4.37. The van der Waals surface area contributed by atoms with Gasteiger partial charge in [-0.2, -0.15) is 5.10 Å². The van der Waals surface area contributed by atoms with E-state index in [-0.39, 0.29) is 23.8 Å². The Balaban J connectivity index is 1.62. The maximum absolute atomic E-state index is 12.6. The lowest BCUT2D eigenvalue weighted by Gasteiger charge is -2.41. The number of nitrogens with zero attached hydrogens (tertiary/aromatic N) is 7. The Morgan fingerprint density at radius 1 is 1.20 bits per heavy atom. The summed E-state index contributed by atoms with van der Waals surface area (Å²) in [7, 11) is 5.36. The number of rotatable bonds is 4. The molecule has 2 aromatic rings. The SMILES string of the molecule is CN(C)C(=O)N1CC[C@@H]2[C@H]1CCCN2c1cnc(C(N)=O)c(Nc2cnn(C)c2)n1. The van der Waals surface area contributed by atoms with Crippen LogP contribution in [-0.4, -0.2) is 80.8 Å². The van der Waals surface area contributed by atoms with Crippen molar-refractivity contribution in [2.75, 3.05) is 37.4 Å². The van der Waals surface area contributed by atoms with Crippen LogP contribution in [-0.2, 0) is 7.05 Å². The zero-order chi connectivity index (χ0) is 21.4. The van der Waals surface area contributed by atoms with E-state index in [2.05, 4.69) is 25.3 Å². The molecule has 0 aromatic carbocycles. The molecular weight excluding hydrogens is 386 g/mol. The highest BCUT2D eigenvalue weighted by molar-refractivity contribution is 5.96. The molecular formula is C19H27N9O2. The molecule has 2 aliphatic rings. The molecule has 3 amide bonds. The first-order valence-electron chi connectivity index (χ1n) is 10.0. The second-order valence-corrected chi connectivity index (χ2v) is 7.95. The van der Waals surface area contributed by atoms with Crippen molar-refractivity contribution in [2.24, 2.45) is 12.8 Å². The summed E-state index contributed by atoms with van der Waals surface area (Å²) in [4.78, 5) is 39.2. The molecule has 0 unspecified atom stereocenters. The summed E-state index contributed by atoms with van der Waals surface area (Å²) in [6.45, 7) is 1.54. The Morgan fingerprint density at radius 3 is 2.67 bits per heavy atom. The number of fused-ring (bicyclic) bond motifs is 1. The Kier molecular flexibility index (Phi) is 5.18. The van der Waals surface area contributed by atoms with Gasteiger partial charge < -0.3 is 25.8 Å². The number of nitrogens with one attached hydrogen (secondary N) is 1. The van der Waals surface area contributed by atoms with Crippen LogP contribution < -0.4 is 16.0 Å². The van der Waals surface area contributed by atoms with Crippen molar-refractivity contribution in [1.82, 2.24) is 29.5 Å². The number of piperidine rings is 1. The molecule has 2 aliphatic heterocycles. The summed E-state index contributed by atoms with van der Waals surface area (Å²) >= 11 is 0. The third-order valence-corrected chi connectivity index (χ3v) is 5.69. The number of carbonyl (C=O) groups excluding carboxylic acids is 2. The van der Waals surface area contributed by atoms with Gasteiger partial charge in [-0.3, -0.25) is 9.48 Å². The lowest BCUT2D eigenvalue weighted by atomic mass is 9.97. The average molecular weight is 413 g/mol. The number of urea groups is 1. The molecule has 0 saturated carbocycles. The third-order valence-electron chi connectivity index (χ3n) is 5.69. The van der Waals surface area contributed by atoms with E-state index in [1.165, 1.54) is 0 Å². The highest BCUT2D eigenvalue weighted by Crippen LogP contribution is 2.34. The second-order valence-electron chi connectivity index (χ2n) is 7.95. The second kappa shape index (κ2) is 7.81. The van der Waals surface area contributed by atoms with Crippen LogP contribution in [0.5, 0.6) is 0 Å². The van der Waals surface area contributed by atoms with E-state index in [0.29, 0.717) is 17.3 Å². The number of anilines is 3. The average Bonchev–Trinajstić information content (AvgIpc) is 3.32. The molecule has 4 heterocycles. The fraction of sp³-hybridized carbons (Fsp3) is 0.526. The van der Waals surface area contributed by atoms with Crippen LogP contribution in [0, 0.1) is 0 Å². The quantitative estimate of drug-likeness (QED) is 0.758. The van der Waals surface area contributed by atoms with Gasteiger partial charge in [-0.25, -0.2) is 14.8 Å². The molecule has 2 saturated heterocycles. The molecule has 4 rings (SSSR count). The molecule has 3 N–H and O–H groups in total. The van der Waals surface area contributed by atoms with Gasteiger partial charge in [0.25, 0.3) is 5.91 Å². The number of aryl methyl sites for hydroxylation is 1. The van der Waals surface area contributed by atoms with Gasteiger partial charge in [-0.1, -0.05) is 0 Å². The van der Waals surface area contributed by atoms with Crippen LogP contribution in [0.2, 0.25) is 0 Å². The van der Waals surface area contributed by atoms with Crippen LogP contribution in [0.1, 0.15) is 29.8 Å². The van der Waals surface area contributed by atoms with E-state index in [9.17, 15) is 9.59 Å². The van der Waals surface area contributed by atoms with Crippen molar-refractivity contribution >= 4 is 29.3 Å². The van der Waals surface area contributed by atoms with Crippen molar-refractivity contribution in [3.8, 4) is 0 Å². The first-order chi connectivity index (χ1) is 14.3. The standard InChI is InChI=1S/C19H27N9O2/c1-25(2)19(30)28-8-6-14-13(28)5-4-7-27(14)15-10-21-16(17(20)29)18(24-15)23-12-9-22-26(3)11-12/h9-11,13-14H,4-8H2,1-3H3,(H2,20,29)(H,23,24)/t13-,14-/m1/s1. The number of amides is 3. The summed E-state index contributed by atoms with van der Waals surface area (Å²) in [5, 5.41) is 7.22. The zero-order valence-electron chi connectivity index (χ0n) is 17.4. The summed E-state index contributed by atoms with van der Waals surface area (Å²) in [5.74, 6) is 0.315. The van der Waals surface area contributed by atoms with E-state index in [4.69, 9.17) is 5.73 Å². The van der Waals surface area contributed by atoms with E-state index in [1.54, 1.807) is 49.3 Å². The van der Waals surface area contributed by atoms with Gasteiger partial charge >= 0.3 is 6.03 Å². The lowest BCUT2D eigenvalue weighted by Crippen LogP contribution is -2.53. The van der Waals surface area contributed by atoms with E-state index in [1.807, 2.05) is 4.90 Å². The monoisotopic (exact) mass is 413 g/mol. The molecule has 0 spiro atoms. The third kappa shape index (κ3) is 3.62. The van der Waals surface area contributed by atoms with Gasteiger partial charge in [0.1, 0.15) is 5.82 Å². The molecule has 0 radical (unpaired) electrons. The highest BCUT2D eigenvalue weighted by Gasteiger charge is 2.43. The minimum atomic E-state index is -0.652. The predicted molar refractivity (Wildman–Crippen MR) is 112 cm³/mol. The minimum Gasteiger partial charge on any atom is -0.364 e. The lowest BCUT2D eigenvalue weighted by molar-refractivity contribution is 0.0996. The Hall–Kier alpha value is -3.37. The normalized spacial score (nSPS) is 20.8. The van der Waals surface area contributed by atoms with E-state index >= 15 is 0 Å². The molecule has 11 heteroatoms. The Labute approximate surface area is 174 Å². The zero-order valence-corrected chi connectivity index (χ0v) is 17.4. The molecule has 0 bridgehead atoms. The van der Waals surface area contributed by atoms with Gasteiger partial charge in [0.05, 0.1) is 30.2 Å². The summed E-state index contributed by atoms with van der Waals surface area (Å²) in [6.07, 6.45) is 7.79. The van der Waals surface area contributed by atoms with Gasteiger partial charge in [-0.05, 0) is 19.3 Å². The van der Waals surface area contributed by atoms with Crippen molar-refractivity contribution in [3.63, 3.8) is 0 Å².